The van der Waals surface area contributed by atoms with Gasteiger partial charge in [-0.1, -0.05) is 13.8 Å². The fraction of sp³-hybridized carbons (Fsp3) is 0.409. The maximum absolute atomic E-state index is 13.0. The third kappa shape index (κ3) is 4.53. The first-order chi connectivity index (χ1) is 14.0. The van der Waals surface area contributed by atoms with Crippen LogP contribution >= 0.6 is 0 Å². The Bertz CT molecular complexity index is 1030. The fourth-order valence-corrected chi connectivity index (χ4v) is 4.28. The summed E-state index contributed by atoms with van der Waals surface area (Å²) in [6.45, 7) is 8.55. The van der Waals surface area contributed by atoms with Gasteiger partial charge in [0.1, 0.15) is 18.1 Å². The summed E-state index contributed by atoms with van der Waals surface area (Å²) < 4.78 is 39.1. The van der Waals surface area contributed by atoms with Gasteiger partial charge in [0.15, 0.2) is 0 Å². The van der Waals surface area contributed by atoms with E-state index >= 15 is 0 Å². The van der Waals surface area contributed by atoms with Crippen molar-refractivity contribution in [2.75, 3.05) is 29.9 Å². The lowest BCUT2D eigenvalue weighted by Crippen LogP contribution is -2.43. The number of amides is 1. The summed E-state index contributed by atoms with van der Waals surface area (Å²) in [5.74, 6) is 1.31. The first kappa shape index (κ1) is 22.0. The van der Waals surface area contributed by atoms with Crippen LogP contribution < -0.4 is 19.1 Å². The number of ether oxygens (including phenoxy) is 2. The maximum Gasteiger partial charge on any atom is 0.261 e. The summed E-state index contributed by atoms with van der Waals surface area (Å²) in [4.78, 5) is 14.9. The molecule has 1 aliphatic rings. The highest BCUT2D eigenvalue weighted by Gasteiger charge is 2.38. The monoisotopic (exact) mass is 432 g/mol. The average molecular weight is 433 g/mol. The standard InChI is InChI=1S/C22H28N2O5S/c1-15(2)13-24-19-11-6-16(12-20(19)29-14-22(3,4)21(24)25)23-30(26,27)18-9-7-17(28-5)8-10-18/h6-12,15,23H,13-14H2,1-5H3. The van der Waals surface area contributed by atoms with E-state index in [4.69, 9.17) is 9.47 Å². The normalized spacial score (nSPS) is 15.9. The lowest BCUT2D eigenvalue weighted by atomic mass is 9.92. The van der Waals surface area contributed by atoms with Crippen LogP contribution in [-0.2, 0) is 14.8 Å². The molecule has 1 N–H and O–H groups in total. The van der Waals surface area contributed by atoms with Gasteiger partial charge in [-0.2, -0.15) is 0 Å². The number of nitrogens with zero attached hydrogens (tertiary/aromatic N) is 1. The Morgan fingerprint density at radius 2 is 1.83 bits per heavy atom. The van der Waals surface area contributed by atoms with E-state index in [0.717, 1.165) is 0 Å². The van der Waals surface area contributed by atoms with Crippen molar-refractivity contribution < 1.29 is 22.7 Å². The Hall–Kier alpha value is -2.74. The van der Waals surface area contributed by atoms with Gasteiger partial charge in [-0.05, 0) is 56.2 Å². The van der Waals surface area contributed by atoms with E-state index in [-0.39, 0.29) is 23.3 Å². The highest BCUT2D eigenvalue weighted by Crippen LogP contribution is 2.39. The van der Waals surface area contributed by atoms with Crippen LogP contribution in [0.5, 0.6) is 11.5 Å². The van der Waals surface area contributed by atoms with Gasteiger partial charge in [0.2, 0.25) is 5.91 Å². The number of fused-ring (bicyclic) bond motifs is 1. The Morgan fingerprint density at radius 3 is 2.43 bits per heavy atom. The second-order valence-corrected chi connectivity index (χ2v) is 10.1. The van der Waals surface area contributed by atoms with Crippen LogP contribution in [0.2, 0.25) is 0 Å². The number of nitrogens with one attached hydrogen (secondary N) is 1. The number of sulfonamides is 1. The molecule has 0 fully saturated rings. The van der Waals surface area contributed by atoms with Crippen molar-refractivity contribution in [2.45, 2.75) is 32.6 Å². The predicted octanol–water partition coefficient (Wildman–Crippen LogP) is 3.90. The molecule has 30 heavy (non-hydrogen) atoms. The van der Waals surface area contributed by atoms with Crippen LogP contribution in [-0.4, -0.2) is 34.6 Å². The zero-order chi connectivity index (χ0) is 22.1. The largest absolute Gasteiger partial charge is 0.497 e. The lowest BCUT2D eigenvalue weighted by Gasteiger charge is -2.29. The van der Waals surface area contributed by atoms with Gasteiger partial charge in [-0.15, -0.1) is 0 Å². The summed E-state index contributed by atoms with van der Waals surface area (Å²) in [6, 6.07) is 11.1. The molecule has 8 heteroatoms. The van der Waals surface area contributed by atoms with Crippen molar-refractivity contribution in [1.82, 2.24) is 0 Å². The molecule has 2 aromatic rings. The minimum Gasteiger partial charge on any atom is -0.497 e. The fourth-order valence-electron chi connectivity index (χ4n) is 3.23. The molecular weight excluding hydrogens is 404 g/mol. The van der Waals surface area contributed by atoms with Gasteiger partial charge in [-0.25, -0.2) is 8.42 Å². The van der Waals surface area contributed by atoms with Crippen LogP contribution in [0.15, 0.2) is 47.4 Å². The zero-order valence-electron chi connectivity index (χ0n) is 17.9. The van der Waals surface area contributed by atoms with E-state index < -0.39 is 15.4 Å². The van der Waals surface area contributed by atoms with Gasteiger partial charge >= 0.3 is 0 Å². The van der Waals surface area contributed by atoms with Crippen LogP contribution in [0.1, 0.15) is 27.7 Å². The number of rotatable bonds is 6. The van der Waals surface area contributed by atoms with Gasteiger partial charge in [0, 0.05) is 12.6 Å². The van der Waals surface area contributed by atoms with E-state index in [1.165, 1.54) is 19.2 Å². The molecule has 0 saturated heterocycles. The van der Waals surface area contributed by atoms with E-state index in [9.17, 15) is 13.2 Å². The molecule has 7 nitrogen and oxygen atoms in total. The Kier molecular flexibility index (Phi) is 5.99. The molecule has 1 amide bonds. The van der Waals surface area contributed by atoms with E-state index in [2.05, 4.69) is 4.72 Å². The molecule has 2 aromatic carbocycles. The molecule has 0 atom stereocenters. The third-order valence-corrected chi connectivity index (χ3v) is 6.23. The second kappa shape index (κ2) is 8.18. The number of hydrogen-bond donors (Lipinski definition) is 1. The number of carbonyl (C=O) groups is 1. The minimum absolute atomic E-state index is 0.0125. The molecule has 1 heterocycles. The number of anilines is 2. The number of hydrogen-bond acceptors (Lipinski definition) is 5. The van der Waals surface area contributed by atoms with Crippen molar-refractivity contribution in [2.24, 2.45) is 11.3 Å². The quantitative estimate of drug-likeness (QED) is 0.748. The summed E-state index contributed by atoms with van der Waals surface area (Å²) in [7, 11) is -2.26. The third-order valence-electron chi connectivity index (χ3n) is 4.83. The molecule has 0 radical (unpaired) electrons. The molecule has 0 spiro atoms. The van der Waals surface area contributed by atoms with Crippen molar-refractivity contribution in [3.63, 3.8) is 0 Å². The Labute approximate surface area is 178 Å². The zero-order valence-corrected chi connectivity index (χ0v) is 18.7. The first-order valence-electron chi connectivity index (χ1n) is 9.79. The summed E-state index contributed by atoms with van der Waals surface area (Å²) >= 11 is 0. The van der Waals surface area contributed by atoms with Gasteiger partial charge < -0.3 is 14.4 Å². The summed E-state index contributed by atoms with van der Waals surface area (Å²) in [6.07, 6.45) is 0. The molecule has 3 rings (SSSR count). The lowest BCUT2D eigenvalue weighted by molar-refractivity contribution is -0.127. The van der Waals surface area contributed by atoms with Crippen molar-refractivity contribution in [3.8, 4) is 11.5 Å². The molecular formula is C22H28N2O5S. The first-order valence-corrected chi connectivity index (χ1v) is 11.3. The van der Waals surface area contributed by atoms with Crippen molar-refractivity contribution in [1.29, 1.82) is 0 Å². The molecule has 1 aliphatic heterocycles. The van der Waals surface area contributed by atoms with E-state index in [0.29, 0.717) is 29.4 Å². The highest BCUT2D eigenvalue weighted by atomic mass is 32.2. The average Bonchev–Trinajstić information content (AvgIpc) is 2.78. The maximum atomic E-state index is 13.0. The topological polar surface area (TPSA) is 84.9 Å². The van der Waals surface area contributed by atoms with Crippen LogP contribution in [0.4, 0.5) is 11.4 Å². The van der Waals surface area contributed by atoms with Gasteiger partial charge in [0.05, 0.1) is 28.8 Å². The predicted molar refractivity (Wildman–Crippen MR) is 117 cm³/mol. The molecule has 0 aliphatic carbocycles. The number of benzene rings is 2. The van der Waals surface area contributed by atoms with Crippen molar-refractivity contribution >= 4 is 27.3 Å². The highest BCUT2D eigenvalue weighted by molar-refractivity contribution is 7.92. The number of carbonyl (C=O) groups excluding carboxylic acids is 1. The molecule has 0 bridgehead atoms. The molecule has 0 saturated carbocycles. The smallest absolute Gasteiger partial charge is 0.261 e. The van der Waals surface area contributed by atoms with E-state index in [1.54, 1.807) is 35.2 Å². The molecule has 0 aromatic heterocycles. The van der Waals surface area contributed by atoms with Crippen LogP contribution in [0.3, 0.4) is 0 Å². The van der Waals surface area contributed by atoms with Crippen LogP contribution in [0.25, 0.3) is 0 Å². The Balaban J connectivity index is 1.93. The number of methoxy groups -OCH3 is 1. The molecule has 0 unspecified atom stereocenters. The van der Waals surface area contributed by atoms with Crippen molar-refractivity contribution in [3.05, 3.63) is 42.5 Å². The SMILES string of the molecule is COc1ccc(S(=O)(=O)Nc2ccc3c(c2)OCC(C)(C)C(=O)N3CC(C)C)cc1. The summed E-state index contributed by atoms with van der Waals surface area (Å²) in [5, 5.41) is 0. The Morgan fingerprint density at radius 1 is 1.17 bits per heavy atom. The summed E-state index contributed by atoms with van der Waals surface area (Å²) in [5.41, 5.74) is 0.323. The van der Waals surface area contributed by atoms with Gasteiger partial charge in [0.25, 0.3) is 10.0 Å². The van der Waals surface area contributed by atoms with Gasteiger partial charge in [-0.3, -0.25) is 9.52 Å². The second-order valence-electron chi connectivity index (χ2n) is 8.45. The minimum atomic E-state index is -3.78. The molecule has 162 valence electrons. The van der Waals surface area contributed by atoms with E-state index in [1.807, 2.05) is 27.7 Å². The van der Waals surface area contributed by atoms with Crippen LogP contribution in [0, 0.1) is 11.3 Å².